The van der Waals surface area contributed by atoms with E-state index in [0.717, 1.165) is 31.0 Å². The minimum Gasteiger partial charge on any atom is -0.354 e. The molecule has 0 radical (unpaired) electrons. The Labute approximate surface area is 118 Å². The van der Waals surface area contributed by atoms with E-state index in [4.69, 9.17) is 4.98 Å². The fourth-order valence-corrected chi connectivity index (χ4v) is 2.36. The molecule has 0 saturated carbocycles. The van der Waals surface area contributed by atoms with Crippen LogP contribution in [0.5, 0.6) is 0 Å². The Morgan fingerprint density at radius 3 is 2.58 bits per heavy atom. The Morgan fingerprint density at radius 1 is 1.16 bits per heavy atom. The van der Waals surface area contributed by atoms with Crippen molar-refractivity contribution >= 4 is 5.82 Å². The van der Waals surface area contributed by atoms with Crippen molar-refractivity contribution in [2.45, 2.75) is 72.3 Å². The van der Waals surface area contributed by atoms with Gasteiger partial charge in [0.2, 0.25) is 0 Å². The standard InChI is InChI=1S/C16H29N3/c1-5-8-13-19(14(4)9-6-2)16-11-12-17-15(18-16)10-7-3/h11-12,14H,5-10,13H2,1-4H3. The number of anilines is 1. The third-order valence-electron chi connectivity index (χ3n) is 3.45. The molecule has 0 fully saturated rings. The lowest BCUT2D eigenvalue weighted by Gasteiger charge is -2.30. The normalized spacial score (nSPS) is 12.4. The van der Waals surface area contributed by atoms with Crippen molar-refractivity contribution in [1.82, 2.24) is 9.97 Å². The van der Waals surface area contributed by atoms with Gasteiger partial charge < -0.3 is 4.90 Å². The van der Waals surface area contributed by atoms with Crippen molar-refractivity contribution in [1.29, 1.82) is 0 Å². The van der Waals surface area contributed by atoms with Crippen LogP contribution < -0.4 is 4.90 Å². The molecule has 1 aromatic heterocycles. The number of hydrogen-bond donors (Lipinski definition) is 0. The lowest BCUT2D eigenvalue weighted by molar-refractivity contribution is 0.559. The molecule has 108 valence electrons. The molecule has 0 aliphatic rings. The Kier molecular flexibility index (Phi) is 7.46. The molecule has 3 nitrogen and oxygen atoms in total. The van der Waals surface area contributed by atoms with E-state index in [9.17, 15) is 0 Å². The fourth-order valence-electron chi connectivity index (χ4n) is 2.36. The van der Waals surface area contributed by atoms with Crippen LogP contribution >= 0.6 is 0 Å². The van der Waals surface area contributed by atoms with Crippen LogP contribution in [0, 0.1) is 0 Å². The molecule has 0 aromatic carbocycles. The van der Waals surface area contributed by atoms with Gasteiger partial charge in [-0.3, -0.25) is 0 Å². The fraction of sp³-hybridized carbons (Fsp3) is 0.750. The summed E-state index contributed by atoms with van der Waals surface area (Å²) in [5, 5.41) is 0. The first-order chi connectivity index (χ1) is 9.22. The molecule has 1 rings (SSSR count). The van der Waals surface area contributed by atoms with Crippen molar-refractivity contribution in [3.05, 3.63) is 18.1 Å². The SMILES string of the molecule is CCCCN(c1ccnc(CCC)n1)C(C)CCC. The average Bonchev–Trinajstić information content (AvgIpc) is 2.40. The summed E-state index contributed by atoms with van der Waals surface area (Å²) in [6.07, 6.45) is 8.86. The van der Waals surface area contributed by atoms with Gasteiger partial charge in [-0.25, -0.2) is 9.97 Å². The first-order valence-corrected chi connectivity index (χ1v) is 7.81. The number of hydrogen-bond acceptors (Lipinski definition) is 3. The van der Waals surface area contributed by atoms with E-state index in [1.807, 2.05) is 6.20 Å². The predicted molar refractivity (Wildman–Crippen MR) is 82.7 cm³/mol. The zero-order valence-corrected chi connectivity index (χ0v) is 13.0. The Hall–Kier alpha value is -1.12. The number of rotatable bonds is 9. The van der Waals surface area contributed by atoms with Crippen LogP contribution in [-0.4, -0.2) is 22.6 Å². The van der Waals surface area contributed by atoms with Gasteiger partial charge in [0.05, 0.1) is 0 Å². The highest BCUT2D eigenvalue weighted by Gasteiger charge is 2.15. The minimum absolute atomic E-state index is 0.556. The van der Waals surface area contributed by atoms with Crippen LogP contribution in [-0.2, 0) is 6.42 Å². The van der Waals surface area contributed by atoms with Crippen molar-refractivity contribution in [2.24, 2.45) is 0 Å². The second-order valence-corrected chi connectivity index (χ2v) is 5.27. The molecule has 0 aliphatic heterocycles. The Morgan fingerprint density at radius 2 is 1.95 bits per heavy atom. The maximum absolute atomic E-state index is 4.73. The summed E-state index contributed by atoms with van der Waals surface area (Å²) in [5.74, 6) is 2.08. The van der Waals surface area contributed by atoms with Crippen LogP contribution in [0.4, 0.5) is 5.82 Å². The smallest absolute Gasteiger partial charge is 0.132 e. The quantitative estimate of drug-likeness (QED) is 0.668. The molecule has 19 heavy (non-hydrogen) atoms. The first kappa shape index (κ1) is 15.9. The number of aryl methyl sites for hydroxylation is 1. The lowest BCUT2D eigenvalue weighted by Crippen LogP contribution is -2.34. The van der Waals surface area contributed by atoms with E-state index in [1.54, 1.807) is 0 Å². The highest BCUT2D eigenvalue weighted by atomic mass is 15.2. The summed E-state index contributed by atoms with van der Waals surface area (Å²) >= 11 is 0. The van der Waals surface area contributed by atoms with Gasteiger partial charge in [0.1, 0.15) is 11.6 Å². The third-order valence-corrected chi connectivity index (χ3v) is 3.45. The van der Waals surface area contributed by atoms with Gasteiger partial charge >= 0.3 is 0 Å². The van der Waals surface area contributed by atoms with Crippen LogP contribution in [0.25, 0.3) is 0 Å². The Bertz CT molecular complexity index is 352. The van der Waals surface area contributed by atoms with Gasteiger partial charge in [-0.05, 0) is 32.3 Å². The van der Waals surface area contributed by atoms with Crippen LogP contribution in [0.15, 0.2) is 12.3 Å². The zero-order chi connectivity index (χ0) is 14.1. The highest BCUT2D eigenvalue weighted by Crippen LogP contribution is 2.18. The highest BCUT2D eigenvalue weighted by molar-refractivity contribution is 5.38. The molecule has 1 atom stereocenters. The minimum atomic E-state index is 0.556. The molecule has 1 unspecified atom stereocenters. The van der Waals surface area contributed by atoms with Crippen molar-refractivity contribution in [3.63, 3.8) is 0 Å². The monoisotopic (exact) mass is 263 g/mol. The number of aromatic nitrogens is 2. The maximum Gasteiger partial charge on any atom is 0.132 e. The van der Waals surface area contributed by atoms with Gasteiger partial charge in [-0.1, -0.05) is 33.6 Å². The van der Waals surface area contributed by atoms with E-state index in [2.05, 4.69) is 43.6 Å². The van der Waals surface area contributed by atoms with Crippen molar-refractivity contribution < 1.29 is 0 Å². The van der Waals surface area contributed by atoms with Gasteiger partial charge in [0.25, 0.3) is 0 Å². The molecule has 3 heteroatoms. The second kappa shape index (κ2) is 8.89. The lowest BCUT2D eigenvalue weighted by atomic mass is 10.1. The Balaban J connectivity index is 2.85. The molecule has 0 bridgehead atoms. The van der Waals surface area contributed by atoms with Crippen LogP contribution in [0.2, 0.25) is 0 Å². The van der Waals surface area contributed by atoms with Gasteiger partial charge in [0, 0.05) is 25.2 Å². The van der Waals surface area contributed by atoms with Gasteiger partial charge in [0.15, 0.2) is 0 Å². The van der Waals surface area contributed by atoms with Gasteiger partial charge in [-0.15, -0.1) is 0 Å². The predicted octanol–water partition coefficient (Wildman–Crippen LogP) is 4.22. The van der Waals surface area contributed by atoms with E-state index < -0.39 is 0 Å². The number of unbranched alkanes of at least 4 members (excludes halogenated alkanes) is 1. The molecular weight excluding hydrogens is 234 g/mol. The molecule has 0 N–H and O–H groups in total. The molecule has 1 heterocycles. The van der Waals surface area contributed by atoms with E-state index in [1.165, 1.54) is 25.7 Å². The first-order valence-electron chi connectivity index (χ1n) is 7.81. The largest absolute Gasteiger partial charge is 0.354 e. The van der Waals surface area contributed by atoms with Gasteiger partial charge in [-0.2, -0.15) is 0 Å². The van der Waals surface area contributed by atoms with Crippen LogP contribution in [0.3, 0.4) is 0 Å². The van der Waals surface area contributed by atoms with E-state index in [-0.39, 0.29) is 0 Å². The molecule has 0 spiro atoms. The second-order valence-electron chi connectivity index (χ2n) is 5.27. The average molecular weight is 263 g/mol. The topological polar surface area (TPSA) is 29.0 Å². The number of nitrogens with zero attached hydrogens (tertiary/aromatic N) is 3. The maximum atomic E-state index is 4.73. The van der Waals surface area contributed by atoms with Crippen LogP contribution in [0.1, 0.15) is 65.6 Å². The van der Waals surface area contributed by atoms with E-state index in [0.29, 0.717) is 6.04 Å². The van der Waals surface area contributed by atoms with E-state index >= 15 is 0 Å². The molecule has 0 aliphatic carbocycles. The molecule has 0 saturated heterocycles. The van der Waals surface area contributed by atoms with Crippen molar-refractivity contribution in [3.8, 4) is 0 Å². The summed E-state index contributed by atoms with van der Waals surface area (Å²) < 4.78 is 0. The zero-order valence-electron chi connectivity index (χ0n) is 13.0. The summed E-state index contributed by atoms with van der Waals surface area (Å²) in [4.78, 5) is 11.5. The summed E-state index contributed by atoms with van der Waals surface area (Å²) in [6.45, 7) is 10.1. The molecule has 1 aromatic rings. The third kappa shape index (κ3) is 5.17. The summed E-state index contributed by atoms with van der Waals surface area (Å²) in [5.41, 5.74) is 0. The van der Waals surface area contributed by atoms with Crippen molar-refractivity contribution in [2.75, 3.05) is 11.4 Å². The summed E-state index contributed by atoms with van der Waals surface area (Å²) in [7, 11) is 0. The summed E-state index contributed by atoms with van der Waals surface area (Å²) in [6, 6.07) is 2.61. The molecular formula is C16H29N3. The molecule has 0 amide bonds.